The number of aliphatic carboxylic acids is 1. The largest absolute Gasteiger partial charge is 0.487 e. The number of aromatic nitrogens is 3. The van der Waals surface area contributed by atoms with E-state index in [1.165, 1.54) is 25.5 Å². The van der Waals surface area contributed by atoms with Gasteiger partial charge in [0.1, 0.15) is 29.7 Å². The van der Waals surface area contributed by atoms with Crippen LogP contribution in [0.3, 0.4) is 0 Å². The number of hydrogen-bond donors (Lipinski definition) is 7. The van der Waals surface area contributed by atoms with Gasteiger partial charge in [0.2, 0.25) is 5.95 Å². The second-order valence-electron chi connectivity index (χ2n) is 10.2. The Morgan fingerprint density at radius 3 is 2.65 bits per heavy atom. The second-order valence-corrected chi connectivity index (χ2v) is 12.2. The van der Waals surface area contributed by atoms with Crippen LogP contribution in [0.15, 0.2) is 47.0 Å². The van der Waals surface area contributed by atoms with E-state index in [9.17, 15) is 27.9 Å². The monoisotopic (exact) mass is 684 g/mol. The number of nitrogens with two attached hydrogens (primary N) is 2. The van der Waals surface area contributed by atoms with Gasteiger partial charge in [0.05, 0.1) is 17.4 Å². The molecule has 22 heteroatoms. The molecule has 250 valence electrons. The molecular weight excluding hydrogens is 652 g/mol. The smallest absolute Gasteiger partial charge is 0.418 e. The number of carboxylic acids is 1. The van der Waals surface area contributed by atoms with Gasteiger partial charge < -0.3 is 46.7 Å². The topological polar surface area (TPSA) is 288 Å². The van der Waals surface area contributed by atoms with Gasteiger partial charge in [-0.2, -0.15) is 13.5 Å². The predicted molar refractivity (Wildman–Crippen MR) is 161 cm³/mol. The van der Waals surface area contributed by atoms with Crippen LogP contribution in [0.25, 0.3) is 0 Å². The first kappa shape index (κ1) is 34.4. The molecule has 1 fully saturated rings. The van der Waals surface area contributed by atoms with E-state index in [4.69, 9.17) is 25.6 Å². The summed E-state index contributed by atoms with van der Waals surface area (Å²) in [6, 6.07) is 1.82. The molecule has 4 rings (SSSR count). The molecule has 0 aromatic carbocycles. The van der Waals surface area contributed by atoms with Crippen molar-refractivity contribution in [1.82, 2.24) is 30.2 Å². The van der Waals surface area contributed by atoms with Crippen molar-refractivity contribution in [3.8, 4) is 5.75 Å². The number of aryl methyl sites for hydroxylation is 1. The van der Waals surface area contributed by atoms with Gasteiger partial charge in [0.15, 0.2) is 5.71 Å². The molecule has 0 aliphatic carbocycles. The highest BCUT2D eigenvalue weighted by Gasteiger charge is 2.58. The number of carbonyl (C=O) groups excluding carboxylic acids is 2. The van der Waals surface area contributed by atoms with E-state index in [1.807, 2.05) is 4.57 Å². The van der Waals surface area contributed by atoms with Crippen molar-refractivity contribution in [3.05, 3.63) is 41.8 Å². The third-order valence-corrected chi connectivity index (χ3v) is 7.58. The fourth-order valence-corrected chi connectivity index (χ4v) is 5.19. The Hall–Kier alpha value is -4.48. The maximum absolute atomic E-state index is 13.2. The third-order valence-electron chi connectivity index (χ3n) is 6.46. The minimum atomic E-state index is -5.01. The number of oxime groups is 1. The summed E-state index contributed by atoms with van der Waals surface area (Å²) in [7, 11) is -5.01. The molecular formula is C24H32N10O10S2. The maximum Gasteiger partial charge on any atom is 0.418 e. The number of imidazole rings is 1. The van der Waals surface area contributed by atoms with Gasteiger partial charge in [-0.25, -0.2) is 14.8 Å². The van der Waals surface area contributed by atoms with Crippen molar-refractivity contribution < 1.29 is 46.3 Å². The Morgan fingerprint density at radius 2 is 2.07 bits per heavy atom. The van der Waals surface area contributed by atoms with E-state index < -0.39 is 63.7 Å². The average molecular weight is 685 g/mol. The van der Waals surface area contributed by atoms with Crippen LogP contribution in [0.4, 0.5) is 11.8 Å². The van der Waals surface area contributed by atoms with Gasteiger partial charge in [0, 0.05) is 24.3 Å². The van der Waals surface area contributed by atoms with Gasteiger partial charge in [-0.1, -0.05) is 16.9 Å². The van der Waals surface area contributed by atoms with Crippen LogP contribution in [0, 0.1) is 0 Å². The number of nitrogens with one attached hydrogen (secondary N) is 3. The highest BCUT2D eigenvalue weighted by Crippen LogP contribution is 2.33. The SMILES string of the molecule is CC1(C)[C@H](NC(=O)/C(=N\O[C@@H](COc2ccc(Nc3nccn3CCCN)nc2)C(=O)O)C2=CSC(N)N2)C(=O)N1OS(=O)(=O)O. The van der Waals surface area contributed by atoms with E-state index in [0.717, 1.165) is 18.2 Å². The van der Waals surface area contributed by atoms with E-state index in [1.54, 1.807) is 24.5 Å². The molecule has 2 aromatic rings. The van der Waals surface area contributed by atoms with E-state index in [-0.39, 0.29) is 11.4 Å². The molecule has 2 amide bonds. The lowest BCUT2D eigenvalue weighted by atomic mass is 9.84. The molecule has 0 spiro atoms. The fraction of sp³-hybridized carbons (Fsp3) is 0.417. The van der Waals surface area contributed by atoms with Crippen LogP contribution in [0.5, 0.6) is 5.75 Å². The number of thioether (sulfide) groups is 1. The van der Waals surface area contributed by atoms with Crippen molar-refractivity contribution in [2.75, 3.05) is 18.5 Å². The molecule has 2 aromatic heterocycles. The number of ether oxygens (including phenoxy) is 1. The quantitative estimate of drug-likeness (QED) is 0.0474. The zero-order valence-electron chi connectivity index (χ0n) is 24.4. The Morgan fingerprint density at radius 1 is 1.30 bits per heavy atom. The molecule has 0 bridgehead atoms. The lowest BCUT2D eigenvalue weighted by Crippen LogP contribution is -2.77. The van der Waals surface area contributed by atoms with Crippen LogP contribution in [0.2, 0.25) is 0 Å². The standard InChI is InChI=1S/C24H32N10O10S2/c1-24(2)18(20(36)34(24)44-46(39,40)41)31-19(35)17(14-12-45-22(26)29-14)32-43-15(21(37)38)11-42-13-4-5-16(28-10-13)30-23-27-7-9-33(23)8-3-6-25/h4-5,7,9-10,12,15,18,22,29H,3,6,8,11,25-26H2,1-2H3,(H,31,35)(H,37,38)(H,27,28,30)(H,39,40,41)/b32-17-/t15-,18+,22?/m0/s1. The van der Waals surface area contributed by atoms with Crippen LogP contribution >= 0.6 is 11.8 Å². The molecule has 2 aliphatic heterocycles. The lowest BCUT2D eigenvalue weighted by molar-refractivity contribution is -0.218. The average Bonchev–Trinajstić information content (AvgIpc) is 3.63. The summed E-state index contributed by atoms with van der Waals surface area (Å²) in [6.45, 7) is 3.39. The minimum absolute atomic E-state index is 0.0617. The van der Waals surface area contributed by atoms with E-state index >= 15 is 0 Å². The number of carbonyl (C=O) groups is 3. The highest BCUT2D eigenvalue weighted by molar-refractivity contribution is 8.02. The Kier molecular flexibility index (Phi) is 10.7. The van der Waals surface area contributed by atoms with Crippen molar-refractivity contribution >= 4 is 57.4 Å². The highest BCUT2D eigenvalue weighted by atomic mass is 32.3. The second kappa shape index (κ2) is 14.3. The predicted octanol–water partition coefficient (Wildman–Crippen LogP) is -1.16. The number of amides is 2. The van der Waals surface area contributed by atoms with Gasteiger partial charge in [-0.05, 0) is 38.9 Å². The van der Waals surface area contributed by atoms with E-state index in [0.29, 0.717) is 29.9 Å². The van der Waals surface area contributed by atoms with Gasteiger partial charge in [0.25, 0.3) is 17.9 Å². The first-order valence-corrected chi connectivity index (χ1v) is 15.7. The Balaban J connectivity index is 1.41. The van der Waals surface area contributed by atoms with Crippen LogP contribution in [-0.2, 0) is 40.4 Å². The first-order chi connectivity index (χ1) is 21.7. The molecule has 2 aliphatic rings. The zero-order chi connectivity index (χ0) is 33.6. The van der Waals surface area contributed by atoms with E-state index in [2.05, 4.69) is 35.4 Å². The van der Waals surface area contributed by atoms with Crippen molar-refractivity contribution in [2.45, 2.75) is 50.0 Å². The zero-order valence-corrected chi connectivity index (χ0v) is 26.0. The summed E-state index contributed by atoms with van der Waals surface area (Å²) in [4.78, 5) is 51.3. The van der Waals surface area contributed by atoms with Crippen molar-refractivity contribution in [3.63, 3.8) is 0 Å². The molecule has 1 unspecified atom stereocenters. The molecule has 20 nitrogen and oxygen atoms in total. The first-order valence-electron chi connectivity index (χ1n) is 13.4. The van der Waals surface area contributed by atoms with Gasteiger partial charge >= 0.3 is 16.4 Å². The fourth-order valence-electron chi connectivity index (χ4n) is 4.08. The van der Waals surface area contributed by atoms with Crippen LogP contribution in [-0.4, -0.2) is 97.5 Å². The number of hydrogen-bond acceptors (Lipinski definition) is 16. The summed E-state index contributed by atoms with van der Waals surface area (Å²) in [5, 5.41) is 23.4. The normalized spacial score (nSPS) is 19.8. The number of pyridine rings is 1. The number of rotatable bonds is 16. The van der Waals surface area contributed by atoms with Crippen LogP contribution < -0.4 is 32.2 Å². The van der Waals surface area contributed by atoms with Gasteiger partial charge in [-0.15, -0.1) is 4.28 Å². The number of hydroxylamine groups is 2. The summed E-state index contributed by atoms with van der Waals surface area (Å²) >= 11 is 1.09. The molecule has 3 atom stereocenters. The molecule has 1 saturated heterocycles. The molecule has 0 radical (unpaired) electrons. The van der Waals surface area contributed by atoms with Crippen molar-refractivity contribution in [2.24, 2.45) is 16.6 Å². The summed E-state index contributed by atoms with van der Waals surface area (Å²) in [6.07, 6.45) is 3.86. The maximum atomic E-state index is 13.2. The Bertz CT molecular complexity index is 1610. The van der Waals surface area contributed by atoms with Crippen LogP contribution in [0.1, 0.15) is 20.3 Å². The number of β-lactam (4-membered cyclic amide) rings is 1. The molecule has 4 heterocycles. The lowest BCUT2D eigenvalue weighted by Gasteiger charge is -2.50. The third kappa shape index (κ3) is 8.41. The minimum Gasteiger partial charge on any atom is -0.487 e. The summed E-state index contributed by atoms with van der Waals surface area (Å²) in [5.41, 5.74) is 8.90. The number of nitrogens with zero attached hydrogens (tertiary/aromatic N) is 5. The van der Waals surface area contributed by atoms with Gasteiger partial charge in [-0.3, -0.25) is 14.1 Å². The Labute approximate surface area is 266 Å². The molecule has 46 heavy (non-hydrogen) atoms. The summed E-state index contributed by atoms with van der Waals surface area (Å²) in [5.74, 6) is -2.22. The van der Waals surface area contributed by atoms with Crippen molar-refractivity contribution in [1.29, 1.82) is 0 Å². The summed E-state index contributed by atoms with van der Waals surface area (Å²) < 4.78 is 42.8. The number of carboxylic acid groups (broad SMARTS) is 1. The number of anilines is 2. The molecule has 9 N–H and O–H groups in total. The molecule has 0 saturated carbocycles.